The first-order valence-corrected chi connectivity index (χ1v) is 12.1. The quantitative estimate of drug-likeness (QED) is 0.326. The zero-order valence-electron chi connectivity index (χ0n) is 20.5. The number of rotatable bonds is 9. The topological polar surface area (TPSA) is 136 Å². The Bertz CT molecular complexity index is 1490. The van der Waals surface area contributed by atoms with Crippen LogP contribution in [0.25, 0.3) is 34.0 Å². The number of pyridine rings is 1. The molecule has 0 aliphatic rings. The number of hydrogen-bond acceptors (Lipinski definition) is 7. The van der Waals surface area contributed by atoms with Gasteiger partial charge in [-0.15, -0.1) is 20.4 Å². The molecule has 0 saturated carbocycles. The molecular formula is C25H28N10O. The third kappa shape index (κ3) is 4.47. The van der Waals surface area contributed by atoms with Crippen LogP contribution in [-0.4, -0.2) is 49.9 Å². The molecule has 0 amide bonds. The molecule has 0 aliphatic heterocycles. The van der Waals surface area contributed by atoms with Gasteiger partial charge in [-0.3, -0.25) is 9.55 Å². The Hall–Kier alpha value is -4.41. The molecule has 184 valence electrons. The van der Waals surface area contributed by atoms with E-state index in [1.807, 2.05) is 41.1 Å². The molecule has 0 fully saturated rings. The van der Waals surface area contributed by atoms with Gasteiger partial charge in [-0.05, 0) is 54.7 Å². The van der Waals surface area contributed by atoms with Gasteiger partial charge in [0.05, 0.1) is 12.2 Å². The standard InChI is InChI=1S/C25H28N10O/c1-4-5-6-21-22(24-31-27-15-35(24)16(2)3)28-25(36)34(21)14-19-13-26-12-11-20(19)17-7-9-18(10-8-17)23-29-32-33-30-23/h7-13,15-16H,4-6,14H2,1-3H3,(H,28,36)(H,29,30,32,33). The molecule has 0 aliphatic carbocycles. The van der Waals surface area contributed by atoms with E-state index in [0.29, 0.717) is 18.2 Å². The normalized spacial score (nSPS) is 11.4. The first-order valence-electron chi connectivity index (χ1n) is 12.1. The van der Waals surface area contributed by atoms with E-state index in [9.17, 15) is 4.79 Å². The fourth-order valence-electron chi connectivity index (χ4n) is 4.35. The number of aromatic nitrogens is 10. The van der Waals surface area contributed by atoms with Crippen LogP contribution in [0.15, 0.2) is 53.8 Å². The van der Waals surface area contributed by atoms with E-state index < -0.39 is 0 Å². The number of nitrogens with zero attached hydrogens (tertiary/aromatic N) is 8. The molecule has 4 heterocycles. The molecule has 0 spiro atoms. The van der Waals surface area contributed by atoms with Gasteiger partial charge < -0.3 is 9.55 Å². The Balaban J connectivity index is 1.54. The fraction of sp³-hybridized carbons (Fsp3) is 0.320. The van der Waals surface area contributed by atoms with Crippen LogP contribution >= 0.6 is 0 Å². The highest BCUT2D eigenvalue weighted by atomic mass is 16.1. The van der Waals surface area contributed by atoms with Crippen LogP contribution in [0.3, 0.4) is 0 Å². The SMILES string of the molecule is CCCCc1c(-c2nncn2C(C)C)[nH]c(=O)n1Cc1cnccc1-c1ccc(-c2nn[nH]n2)cc1. The largest absolute Gasteiger partial charge is 0.326 e. The van der Waals surface area contributed by atoms with Crippen LogP contribution in [0, 0.1) is 0 Å². The Morgan fingerprint density at radius 2 is 1.86 bits per heavy atom. The van der Waals surface area contributed by atoms with Gasteiger partial charge in [0.2, 0.25) is 5.82 Å². The van der Waals surface area contributed by atoms with Gasteiger partial charge >= 0.3 is 5.69 Å². The van der Waals surface area contributed by atoms with Crippen LogP contribution in [0.2, 0.25) is 0 Å². The maximum absolute atomic E-state index is 13.2. The van der Waals surface area contributed by atoms with Crippen LogP contribution in [-0.2, 0) is 13.0 Å². The van der Waals surface area contributed by atoms with Gasteiger partial charge in [0, 0.05) is 24.0 Å². The van der Waals surface area contributed by atoms with E-state index in [1.165, 1.54) is 0 Å². The number of unbranched alkanes of at least 4 members (excludes halogenated alkanes) is 1. The third-order valence-corrected chi connectivity index (χ3v) is 6.24. The molecule has 11 nitrogen and oxygen atoms in total. The molecule has 1 aromatic carbocycles. The van der Waals surface area contributed by atoms with Crippen LogP contribution < -0.4 is 5.69 Å². The molecule has 5 rings (SSSR count). The van der Waals surface area contributed by atoms with E-state index in [0.717, 1.165) is 52.9 Å². The van der Waals surface area contributed by atoms with E-state index in [4.69, 9.17) is 0 Å². The number of hydrogen-bond donors (Lipinski definition) is 2. The molecule has 0 atom stereocenters. The summed E-state index contributed by atoms with van der Waals surface area (Å²) in [4.78, 5) is 20.7. The molecule has 0 saturated heterocycles. The molecule has 0 unspecified atom stereocenters. The summed E-state index contributed by atoms with van der Waals surface area (Å²) in [5, 5.41) is 22.6. The van der Waals surface area contributed by atoms with Crippen molar-refractivity contribution in [3.8, 4) is 34.0 Å². The van der Waals surface area contributed by atoms with E-state index >= 15 is 0 Å². The molecule has 11 heteroatoms. The third-order valence-electron chi connectivity index (χ3n) is 6.24. The first kappa shape index (κ1) is 23.3. The maximum Gasteiger partial charge on any atom is 0.326 e. The molecule has 4 aromatic heterocycles. The zero-order valence-corrected chi connectivity index (χ0v) is 20.5. The summed E-state index contributed by atoms with van der Waals surface area (Å²) < 4.78 is 3.78. The van der Waals surface area contributed by atoms with Crippen molar-refractivity contribution < 1.29 is 0 Å². The van der Waals surface area contributed by atoms with Crippen LogP contribution in [0.1, 0.15) is 50.9 Å². The molecule has 0 bridgehead atoms. The Labute approximate surface area is 207 Å². The molecule has 5 aromatic rings. The number of nitrogens with one attached hydrogen (secondary N) is 2. The highest BCUT2D eigenvalue weighted by molar-refractivity contribution is 5.70. The molecule has 2 N–H and O–H groups in total. The van der Waals surface area contributed by atoms with Crippen molar-refractivity contribution >= 4 is 0 Å². The monoisotopic (exact) mass is 484 g/mol. The van der Waals surface area contributed by atoms with Crippen molar-refractivity contribution in [2.75, 3.05) is 0 Å². The second-order valence-corrected chi connectivity index (χ2v) is 8.94. The zero-order chi connectivity index (χ0) is 25.1. The minimum atomic E-state index is -0.170. The van der Waals surface area contributed by atoms with Crippen LogP contribution in [0.4, 0.5) is 0 Å². The lowest BCUT2D eigenvalue weighted by Gasteiger charge is -2.14. The lowest BCUT2D eigenvalue weighted by Crippen LogP contribution is -2.20. The van der Waals surface area contributed by atoms with Gasteiger partial charge in [-0.2, -0.15) is 5.21 Å². The van der Waals surface area contributed by atoms with E-state index in [-0.39, 0.29) is 11.7 Å². The molecule has 0 radical (unpaired) electrons. The second kappa shape index (κ2) is 10.1. The van der Waals surface area contributed by atoms with Crippen molar-refractivity contribution in [2.24, 2.45) is 0 Å². The number of imidazole rings is 1. The highest BCUT2D eigenvalue weighted by Gasteiger charge is 2.21. The lowest BCUT2D eigenvalue weighted by atomic mass is 10.00. The van der Waals surface area contributed by atoms with Gasteiger partial charge in [-0.25, -0.2) is 4.79 Å². The Morgan fingerprint density at radius 1 is 1.06 bits per heavy atom. The number of H-pyrrole nitrogens is 2. The average Bonchev–Trinajstić information content (AvgIpc) is 3.65. The minimum absolute atomic E-state index is 0.168. The summed E-state index contributed by atoms with van der Waals surface area (Å²) in [7, 11) is 0. The smallest absolute Gasteiger partial charge is 0.310 e. The summed E-state index contributed by atoms with van der Waals surface area (Å²) >= 11 is 0. The van der Waals surface area contributed by atoms with E-state index in [2.05, 4.69) is 61.6 Å². The van der Waals surface area contributed by atoms with Gasteiger partial charge in [-0.1, -0.05) is 37.6 Å². The highest BCUT2D eigenvalue weighted by Crippen LogP contribution is 2.28. The fourth-order valence-corrected chi connectivity index (χ4v) is 4.35. The average molecular weight is 485 g/mol. The van der Waals surface area contributed by atoms with Crippen molar-refractivity contribution in [1.29, 1.82) is 0 Å². The predicted molar refractivity (Wildman–Crippen MR) is 135 cm³/mol. The maximum atomic E-state index is 13.2. The number of tetrazole rings is 1. The summed E-state index contributed by atoms with van der Waals surface area (Å²) in [6.07, 6.45) is 8.02. The molecular weight excluding hydrogens is 456 g/mol. The predicted octanol–water partition coefficient (Wildman–Crippen LogP) is 3.65. The minimum Gasteiger partial charge on any atom is -0.310 e. The van der Waals surface area contributed by atoms with E-state index in [1.54, 1.807) is 17.1 Å². The first-order chi connectivity index (χ1) is 17.6. The summed E-state index contributed by atoms with van der Waals surface area (Å²) in [6, 6.07) is 10.1. The van der Waals surface area contributed by atoms with Gasteiger partial charge in [0.1, 0.15) is 12.0 Å². The second-order valence-electron chi connectivity index (χ2n) is 8.94. The van der Waals surface area contributed by atoms with Crippen molar-refractivity contribution in [3.63, 3.8) is 0 Å². The van der Waals surface area contributed by atoms with Gasteiger partial charge in [0.25, 0.3) is 0 Å². The summed E-state index contributed by atoms with van der Waals surface area (Å²) in [5.74, 6) is 1.22. The number of benzene rings is 1. The van der Waals surface area contributed by atoms with Gasteiger partial charge in [0.15, 0.2) is 5.82 Å². The number of aromatic amines is 2. The Kier molecular flexibility index (Phi) is 6.52. The molecule has 36 heavy (non-hydrogen) atoms. The summed E-state index contributed by atoms with van der Waals surface area (Å²) in [5.41, 5.74) is 5.32. The van der Waals surface area contributed by atoms with Crippen LogP contribution in [0.5, 0.6) is 0 Å². The Morgan fingerprint density at radius 3 is 2.58 bits per heavy atom. The van der Waals surface area contributed by atoms with Crippen molar-refractivity contribution in [1.82, 2.24) is 49.9 Å². The lowest BCUT2D eigenvalue weighted by molar-refractivity contribution is 0.602. The van der Waals surface area contributed by atoms with Crippen molar-refractivity contribution in [2.45, 2.75) is 52.6 Å². The van der Waals surface area contributed by atoms with Crippen molar-refractivity contribution in [3.05, 3.63) is 70.8 Å². The summed E-state index contributed by atoms with van der Waals surface area (Å²) in [6.45, 7) is 6.67.